The Balaban J connectivity index is 1.56. The van der Waals surface area contributed by atoms with Gasteiger partial charge in [-0.3, -0.25) is 9.59 Å². The van der Waals surface area contributed by atoms with Crippen LogP contribution in [0.3, 0.4) is 0 Å². The lowest BCUT2D eigenvalue weighted by molar-refractivity contribution is -0.147. The van der Waals surface area contributed by atoms with E-state index in [1.54, 1.807) is 11.8 Å². The average molecular weight is 391 g/mol. The van der Waals surface area contributed by atoms with Gasteiger partial charge >= 0.3 is 0 Å². The van der Waals surface area contributed by atoms with Gasteiger partial charge < -0.3 is 14.9 Å². The fourth-order valence-corrected chi connectivity index (χ4v) is 4.68. The molecule has 27 heavy (non-hydrogen) atoms. The van der Waals surface area contributed by atoms with Crippen molar-refractivity contribution in [3.05, 3.63) is 35.9 Å². The predicted molar refractivity (Wildman–Crippen MR) is 108 cm³/mol. The summed E-state index contributed by atoms with van der Waals surface area (Å²) in [6.07, 6.45) is 4.94. The molecule has 0 bridgehead atoms. The van der Waals surface area contributed by atoms with E-state index in [0.29, 0.717) is 32.5 Å². The highest BCUT2D eigenvalue weighted by Gasteiger charge is 2.42. The van der Waals surface area contributed by atoms with E-state index in [1.807, 2.05) is 34.3 Å². The van der Waals surface area contributed by atoms with Crippen LogP contribution >= 0.6 is 11.8 Å². The molecule has 0 aliphatic carbocycles. The van der Waals surface area contributed by atoms with E-state index in [4.69, 9.17) is 0 Å². The van der Waals surface area contributed by atoms with Gasteiger partial charge in [0.1, 0.15) is 6.10 Å². The van der Waals surface area contributed by atoms with Crippen LogP contribution in [0.5, 0.6) is 0 Å². The third-order valence-corrected chi connectivity index (χ3v) is 6.62. The van der Waals surface area contributed by atoms with Crippen molar-refractivity contribution < 1.29 is 14.7 Å². The molecule has 1 unspecified atom stereocenters. The van der Waals surface area contributed by atoms with E-state index in [-0.39, 0.29) is 17.2 Å². The fourth-order valence-electron chi connectivity index (χ4n) is 4.22. The van der Waals surface area contributed by atoms with Crippen LogP contribution in [-0.2, 0) is 16.1 Å². The number of aliphatic hydroxyl groups excluding tert-OH is 1. The van der Waals surface area contributed by atoms with Crippen molar-refractivity contribution in [2.24, 2.45) is 5.41 Å². The highest BCUT2D eigenvalue weighted by molar-refractivity contribution is 7.98. The Hall–Kier alpha value is -1.53. The van der Waals surface area contributed by atoms with Gasteiger partial charge in [0, 0.05) is 32.6 Å². The summed E-state index contributed by atoms with van der Waals surface area (Å²) in [6, 6.07) is 10.1. The minimum atomic E-state index is -0.881. The first-order valence-electron chi connectivity index (χ1n) is 9.80. The van der Waals surface area contributed by atoms with Gasteiger partial charge in [-0.05, 0) is 48.7 Å². The molecule has 6 heteroatoms. The second-order valence-electron chi connectivity index (χ2n) is 7.86. The number of carbonyl (C=O) groups is 2. The zero-order valence-corrected chi connectivity index (χ0v) is 16.9. The maximum absolute atomic E-state index is 12.4. The quantitative estimate of drug-likeness (QED) is 0.811. The topological polar surface area (TPSA) is 60.9 Å². The van der Waals surface area contributed by atoms with Crippen molar-refractivity contribution in [2.75, 3.05) is 31.6 Å². The molecule has 5 nitrogen and oxygen atoms in total. The van der Waals surface area contributed by atoms with Crippen LogP contribution in [0.2, 0.25) is 0 Å². The molecule has 1 atom stereocenters. The molecule has 2 amide bonds. The Kier molecular flexibility index (Phi) is 6.82. The Morgan fingerprint density at radius 1 is 1.22 bits per heavy atom. The van der Waals surface area contributed by atoms with Gasteiger partial charge in [-0.1, -0.05) is 30.3 Å². The maximum Gasteiger partial charge on any atom is 0.251 e. The standard InChI is InChI=1S/C21H30N2O3S/c1-27-14-8-18(24)20(26)22-12-10-21(11-13-22)9-7-19(25)23(16-21)15-17-5-3-2-4-6-17/h2-6,18,24H,7-16H2,1H3. The van der Waals surface area contributed by atoms with Gasteiger partial charge in [0.05, 0.1) is 0 Å². The summed E-state index contributed by atoms with van der Waals surface area (Å²) in [6.45, 7) is 2.81. The molecule has 0 saturated carbocycles. The second kappa shape index (κ2) is 9.11. The van der Waals surface area contributed by atoms with Crippen LogP contribution in [0.25, 0.3) is 0 Å². The van der Waals surface area contributed by atoms with Crippen molar-refractivity contribution >= 4 is 23.6 Å². The van der Waals surface area contributed by atoms with Gasteiger partial charge in [0.25, 0.3) is 5.91 Å². The number of nitrogens with zero attached hydrogens (tertiary/aromatic N) is 2. The summed E-state index contributed by atoms with van der Waals surface area (Å²) in [5.41, 5.74) is 1.27. The van der Waals surface area contributed by atoms with Crippen molar-refractivity contribution in [1.29, 1.82) is 0 Å². The number of amides is 2. The molecular weight excluding hydrogens is 360 g/mol. The molecule has 1 spiro atoms. The highest BCUT2D eigenvalue weighted by Crippen LogP contribution is 2.40. The van der Waals surface area contributed by atoms with Crippen LogP contribution in [0, 0.1) is 5.41 Å². The van der Waals surface area contributed by atoms with E-state index < -0.39 is 6.10 Å². The number of piperidine rings is 2. The first-order chi connectivity index (χ1) is 13.0. The smallest absolute Gasteiger partial charge is 0.251 e. The number of thioether (sulfide) groups is 1. The van der Waals surface area contributed by atoms with Gasteiger partial charge in [0.2, 0.25) is 5.91 Å². The number of aliphatic hydroxyl groups is 1. The highest BCUT2D eigenvalue weighted by atomic mass is 32.2. The SMILES string of the molecule is CSCCC(O)C(=O)N1CCC2(CCC(=O)N(Cc3ccccc3)C2)CC1. The third kappa shape index (κ3) is 5.05. The molecule has 148 valence electrons. The van der Waals surface area contributed by atoms with E-state index in [2.05, 4.69) is 12.1 Å². The number of carbonyl (C=O) groups excluding carboxylic acids is 2. The van der Waals surface area contributed by atoms with Crippen LogP contribution in [0.4, 0.5) is 0 Å². The summed E-state index contributed by atoms with van der Waals surface area (Å²) in [5.74, 6) is 0.892. The summed E-state index contributed by atoms with van der Waals surface area (Å²) in [4.78, 5) is 28.7. The van der Waals surface area contributed by atoms with Gasteiger partial charge in [0.15, 0.2) is 0 Å². The monoisotopic (exact) mass is 390 g/mol. The molecule has 2 heterocycles. The number of benzene rings is 1. The number of hydrogen-bond acceptors (Lipinski definition) is 4. The molecule has 2 saturated heterocycles. The lowest BCUT2D eigenvalue weighted by atomic mass is 9.72. The fraction of sp³-hybridized carbons (Fsp3) is 0.619. The van der Waals surface area contributed by atoms with Gasteiger partial charge in [-0.25, -0.2) is 0 Å². The third-order valence-electron chi connectivity index (χ3n) is 5.98. The van der Waals surface area contributed by atoms with Crippen molar-refractivity contribution in [1.82, 2.24) is 9.80 Å². The zero-order chi connectivity index (χ0) is 19.3. The minimum absolute atomic E-state index is 0.115. The molecule has 2 aliphatic heterocycles. The molecule has 1 N–H and O–H groups in total. The van der Waals surface area contributed by atoms with E-state index >= 15 is 0 Å². The van der Waals surface area contributed by atoms with Crippen LogP contribution < -0.4 is 0 Å². The molecular formula is C21H30N2O3S. The summed E-state index contributed by atoms with van der Waals surface area (Å²) >= 11 is 1.64. The van der Waals surface area contributed by atoms with E-state index in [0.717, 1.165) is 37.1 Å². The number of rotatable bonds is 6. The molecule has 1 aromatic rings. The normalized spacial score (nSPS) is 20.7. The summed E-state index contributed by atoms with van der Waals surface area (Å²) in [7, 11) is 0. The first kappa shape index (κ1) is 20.2. The van der Waals surface area contributed by atoms with Crippen LogP contribution in [0.15, 0.2) is 30.3 Å². The lowest BCUT2D eigenvalue weighted by Crippen LogP contribution is -2.53. The Morgan fingerprint density at radius 3 is 2.59 bits per heavy atom. The van der Waals surface area contributed by atoms with Crippen LogP contribution in [0.1, 0.15) is 37.7 Å². The van der Waals surface area contributed by atoms with Gasteiger partial charge in [-0.15, -0.1) is 0 Å². The first-order valence-corrected chi connectivity index (χ1v) is 11.2. The molecule has 3 rings (SSSR count). The van der Waals surface area contributed by atoms with Crippen LogP contribution in [-0.4, -0.2) is 64.5 Å². The Labute approximate surface area is 166 Å². The lowest BCUT2D eigenvalue weighted by Gasteiger charge is -2.47. The largest absolute Gasteiger partial charge is 0.383 e. The molecule has 2 fully saturated rings. The Bertz CT molecular complexity index is 644. The number of hydrogen-bond donors (Lipinski definition) is 1. The maximum atomic E-state index is 12.4. The minimum Gasteiger partial charge on any atom is -0.383 e. The van der Waals surface area contributed by atoms with Gasteiger partial charge in [-0.2, -0.15) is 11.8 Å². The number of likely N-dealkylation sites (tertiary alicyclic amines) is 2. The average Bonchev–Trinajstić information content (AvgIpc) is 2.70. The van der Waals surface area contributed by atoms with E-state index in [1.165, 1.54) is 0 Å². The van der Waals surface area contributed by atoms with Crippen molar-refractivity contribution in [3.8, 4) is 0 Å². The molecule has 0 aromatic heterocycles. The summed E-state index contributed by atoms with van der Waals surface area (Å²) < 4.78 is 0. The van der Waals surface area contributed by atoms with E-state index in [9.17, 15) is 14.7 Å². The van der Waals surface area contributed by atoms with Crippen molar-refractivity contribution in [3.63, 3.8) is 0 Å². The summed E-state index contributed by atoms with van der Waals surface area (Å²) in [5, 5.41) is 10.1. The van der Waals surface area contributed by atoms with Crippen molar-refractivity contribution in [2.45, 2.75) is 44.8 Å². The second-order valence-corrected chi connectivity index (χ2v) is 8.84. The molecule has 0 radical (unpaired) electrons. The predicted octanol–water partition coefficient (Wildman–Crippen LogP) is 2.53. The molecule has 1 aromatic carbocycles. The Morgan fingerprint density at radius 2 is 1.93 bits per heavy atom. The zero-order valence-electron chi connectivity index (χ0n) is 16.1. The molecule has 2 aliphatic rings.